The Kier molecular flexibility index (Phi) is 3.99. The first-order chi connectivity index (χ1) is 10.0. The van der Waals surface area contributed by atoms with E-state index < -0.39 is 11.9 Å². The molecule has 1 atom stereocenters. The highest BCUT2D eigenvalue weighted by atomic mass is 32.1. The Balaban J connectivity index is 1.56. The molecule has 0 radical (unpaired) electrons. The van der Waals surface area contributed by atoms with Crippen LogP contribution in [0.25, 0.3) is 0 Å². The van der Waals surface area contributed by atoms with Crippen molar-refractivity contribution >= 4 is 11.3 Å². The summed E-state index contributed by atoms with van der Waals surface area (Å²) in [6.45, 7) is 2.06. The van der Waals surface area contributed by atoms with Gasteiger partial charge < -0.3 is 9.88 Å². The van der Waals surface area contributed by atoms with E-state index in [2.05, 4.69) is 15.3 Å². The van der Waals surface area contributed by atoms with Gasteiger partial charge in [0.15, 0.2) is 5.69 Å². The molecule has 3 rings (SSSR count). The van der Waals surface area contributed by atoms with Crippen molar-refractivity contribution in [3.8, 4) is 0 Å². The maximum atomic E-state index is 12.6. The molecule has 21 heavy (non-hydrogen) atoms. The molecule has 0 saturated carbocycles. The molecule has 1 N–H and O–H groups in total. The molecule has 2 aromatic rings. The number of nitrogens with zero attached hydrogens (tertiary/aromatic N) is 3. The number of aromatic nitrogens is 3. The zero-order valence-corrected chi connectivity index (χ0v) is 12.0. The van der Waals surface area contributed by atoms with Crippen LogP contribution in [0.4, 0.5) is 13.2 Å². The van der Waals surface area contributed by atoms with E-state index in [1.54, 1.807) is 21.4 Å². The molecule has 4 nitrogen and oxygen atoms in total. The van der Waals surface area contributed by atoms with Gasteiger partial charge in [-0.25, -0.2) is 9.97 Å². The number of rotatable bonds is 4. The van der Waals surface area contributed by atoms with Crippen LogP contribution in [0.1, 0.15) is 23.6 Å². The van der Waals surface area contributed by atoms with Gasteiger partial charge in [0, 0.05) is 37.6 Å². The van der Waals surface area contributed by atoms with E-state index in [1.165, 1.54) is 0 Å². The summed E-state index contributed by atoms with van der Waals surface area (Å²) >= 11 is 1.55. The zero-order valence-electron chi connectivity index (χ0n) is 11.2. The Morgan fingerprint density at radius 1 is 1.43 bits per heavy atom. The van der Waals surface area contributed by atoms with Crippen LogP contribution in [-0.4, -0.2) is 21.1 Å². The minimum absolute atomic E-state index is 0.325. The number of aryl methyl sites for hydroxylation is 1. The fourth-order valence-electron chi connectivity index (χ4n) is 2.55. The van der Waals surface area contributed by atoms with Crippen LogP contribution >= 0.6 is 11.3 Å². The van der Waals surface area contributed by atoms with Crippen LogP contribution < -0.4 is 5.32 Å². The number of hydrogen-bond donors (Lipinski definition) is 1. The Bertz CT molecular complexity index is 591. The molecule has 2 aromatic heterocycles. The van der Waals surface area contributed by atoms with Gasteiger partial charge in [-0.3, -0.25) is 0 Å². The standard InChI is InChI=1S/C13H15F3N4S/c14-13(15,16)11-6-20-5-9(1-2-12(20)19-11)3-17-4-10-7-21-8-18-10/h6-9,17H,1-5H2/t9-/m1/s1. The van der Waals surface area contributed by atoms with Gasteiger partial charge in [-0.1, -0.05) is 0 Å². The van der Waals surface area contributed by atoms with E-state index >= 15 is 0 Å². The van der Waals surface area contributed by atoms with Gasteiger partial charge in [-0.05, 0) is 12.3 Å². The predicted molar refractivity (Wildman–Crippen MR) is 72.9 cm³/mol. The Morgan fingerprint density at radius 2 is 2.29 bits per heavy atom. The first-order valence-corrected chi connectivity index (χ1v) is 7.67. The average Bonchev–Trinajstić information content (AvgIpc) is 3.05. The molecule has 0 aliphatic carbocycles. The molecule has 0 spiro atoms. The molecule has 1 aliphatic heterocycles. The normalized spacial score (nSPS) is 18.7. The first kappa shape index (κ1) is 14.5. The van der Waals surface area contributed by atoms with E-state index in [0.717, 1.165) is 24.9 Å². The molecular weight excluding hydrogens is 301 g/mol. The lowest BCUT2D eigenvalue weighted by Crippen LogP contribution is -2.29. The fourth-order valence-corrected chi connectivity index (χ4v) is 3.11. The molecule has 0 aromatic carbocycles. The van der Waals surface area contributed by atoms with E-state index in [-0.39, 0.29) is 0 Å². The lowest BCUT2D eigenvalue weighted by molar-refractivity contribution is -0.141. The Labute approximate surface area is 124 Å². The van der Waals surface area contributed by atoms with Crippen molar-refractivity contribution in [3.63, 3.8) is 0 Å². The fraction of sp³-hybridized carbons (Fsp3) is 0.538. The van der Waals surface area contributed by atoms with E-state index in [4.69, 9.17) is 0 Å². The maximum Gasteiger partial charge on any atom is 0.434 e. The topological polar surface area (TPSA) is 42.7 Å². The Morgan fingerprint density at radius 3 is 3.00 bits per heavy atom. The van der Waals surface area contributed by atoms with Crippen LogP contribution in [0, 0.1) is 5.92 Å². The number of nitrogens with one attached hydrogen (secondary N) is 1. The summed E-state index contributed by atoms with van der Waals surface area (Å²) in [6.07, 6.45) is -1.78. The predicted octanol–water partition coefficient (Wildman–Crippen LogP) is 2.71. The number of hydrogen-bond acceptors (Lipinski definition) is 4. The molecule has 0 fully saturated rings. The number of fused-ring (bicyclic) bond motifs is 1. The van der Waals surface area contributed by atoms with Crippen LogP contribution in [0.5, 0.6) is 0 Å². The van der Waals surface area contributed by atoms with Gasteiger partial charge in [0.1, 0.15) is 5.82 Å². The third kappa shape index (κ3) is 3.44. The van der Waals surface area contributed by atoms with Crippen molar-refractivity contribution in [3.05, 3.63) is 34.3 Å². The van der Waals surface area contributed by atoms with Crippen LogP contribution in [0.3, 0.4) is 0 Å². The van der Waals surface area contributed by atoms with Crippen molar-refractivity contribution in [1.29, 1.82) is 0 Å². The molecule has 8 heteroatoms. The molecule has 0 bridgehead atoms. The lowest BCUT2D eigenvalue weighted by atomic mass is 9.99. The molecule has 114 valence electrons. The summed E-state index contributed by atoms with van der Waals surface area (Å²) in [6, 6.07) is 0. The summed E-state index contributed by atoms with van der Waals surface area (Å²) in [5.74, 6) is 0.865. The Hall–Kier alpha value is -1.41. The SMILES string of the molecule is FC(F)(F)c1cn2c(n1)CC[C@H](CNCc1cscn1)C2. The second kappa shape index (κ2) is 5.76. The number of halogens is 3. The van der Waals surface area contributed by atoms with E-state index in [0.29, 0.717) is 31.3 Å². The van der Waals surface area contributed by atoms with Gasteiger partial charge in [0.05, 0.1) is 11.2 Å². The highest BCUT2D eigenvalue weighted by molar-refractivity contribution is 7.07. The van der Waals surface area contributed by atoms with Gasteiger partial charge in [-0.2, -0.15) is 13.2 Å². The third-order valence-corrected chi connectivity index (χ3v) is 4.24. The molecule has 3 heterocycles. The van der Waals surface area contributed by atoms with Crippen molar-refractivity contribution in [2.24, 2.45) is 5.92 Å². The summed E-state index contributed by atoms with van der Waals surface area (Å²) in [7, 11) is 0. The van der Waals surface area contributed by atoms with Gasteiger partial charge >= 0.3 is 6.18 Å². The second-order valence-electron chi connectivity index (χ2n) is 5.21. The molecule has 0 amide bonds. The monoisotopic (exact) mass is 316 g/mol. The summed E-state index contributed by atoms with van der Waals surface area (Å²) < 4.78 is 39.6. The third-order valence-electron chi connectivity index (χ3n) is 3.60. The minimum atomic E-state index is -4.36. The van der Waals surface area contributed by atoms with Gasteiger partial charge in [0.2, 0.25) is 0 Å². The van der Waals surface area contributed by atoms with Crippen LogP contribution in [0.2, 0.25) is 0 Å². The average molecular weight is 316 g/mol. The van der Waals surface area contributed by atoms with Gasteiger partial charge in [0.25, 0.3) is 0 Å². The van der Waals surface area contributed by atoms with E-state index in [1.807, 2.05) is 5.38 Å². The number of thiazole rings is 1. The summed E-state index contributed by atoms with van der Waals surface area (Å²) in [5, 5.41) is 5.30. The summed E-state index contributed by atoms with van der Waals surface area (Å²) in [4.78, 5) is 7.87. The largest absolute Gasteiger partial charge is 0.434 e. The van der Waals surface area contributed by atoms with Gasteiger partial charge in [-0.15, -0.1) is 11.3 Å². The number of alkyl halides is 3. The second-order valence-corrected chi connectivity index (χ2v) is 5.93. The molecule has 0 saturated heterocycles. The highest BCUT2D eigenvalue weighted by Crippen LogP contribution is 2.30. The van der Waals surface area contributed by atoms with Crippen LogP contribution in [-0.2, 0) is 25.7 Å². The number of imidazole rings is 1. The van der Waals surface area contributed by atoms with Crippen molar-refractivity contribution in [2.75, 3.05) is 6.54 Å². The van der Waals surface area contributed by atoms with Crippen molar-refractivity contribution in [2.45, 2.75) is 32.1 Å². The molecule has 0 unspecified atom stereocenters. The molecule has 1 aliphatic rings. The van der Waals surface area contributed by atoms with Crippen molar-refractivity contribution in [1.82, 2.24) is 19.9 Å². The van der Waals surface area contributed by atoms with Crippen molar-refractivity contribution < 1.29 is 13.2 Å². The quantitative estimate of drug-likeness (QED) is 0.943. The summed E-state index contributed by atoms with van der Waals surface area (Å²) in [5.41, 5.74) is 2.00. The first-order valence-electron chi connectivity index (χ1n) is 6.73. The van der Waals surface area contributed by atoms with E-state index in [9.17, 15) is 13.2 Å². The maximum absolute atomic E-state index is 12.6. The lowest BCUT2D eigenvalue weighted by Gasteiger charge is -2.23. The highest BCUT2D eigenvalue weighted by Gasteiger charge is 2.35. The minimum Gasteiger partial charge on any atom is -0.334 e. The molecular formula is C13H15F3N4S. The van der Waals surface area contributed by atoms with Crippen LogP contribution in [0.15, 0.2) is 17.1 Å². The smallest absolute Gasteiger partial charge is 0.334 e. The zero-order chi connectivity index (χ0) is 14.9.